The van der Waals surface area contributed by atoms with Crippen LogP contribution in [0.4, 0.5) is 0 Å². The Morgan fingerprint density at radius 2 is 1.86 bits per heavy atom. The van der Waals surface area contributed by atoms with Crippen molar-refractivity contribution >= 4 is 5.91 Å². The largest absolute Gasteiger partial charge is 0.504 e. The number of methoxy groups -OCH3 is 1. The summed E-state index contributed by atoms with van der Waals surface area (Å²) in [5.41, 5.74) is 2.49. The summed E-state index contributed by atoms with van der Waals surface area (Å²) in [5.74, 6) is -0.171. The van der Waals surface area contributed by atoms with Crippen LogP contribution in [0.3, 0.4) is 0 Å². The van der Waals surface area contributed by atoms with Crippen LogP contribution in [0.5, 0.6) is 11.5 Å². The zero-order chi connectivity index (χ0) is 15.2. The monoisotopic (exact) mass is 285 g/mol. The normalized spacial score (nSPS) is 10.2. The third kappa shape index (κ3) is 3.34. The van der Waals surface area contributed by atoms with E-state index in [1.54, 1.807) is 18.2 Å². The number of ether oxygens (including phenoxy) is 1. The number of para-hydroxylation sites is 1. The number of nitrogens with one attached hydrogen (secondary N) is 1. The summed E-state index contributed by atoms with van der Waals surface area (Å²) in [6.07, 6.45) is 0.913. The number of rotatable bonds is 5. The van der Waals surface area contributed by atoms with Gasteiger partial charge in [-0.15, -0.1) is 0 Å². The third-order valence-electron chi connectivity index (χ3n) is 3.40. The van der Waals surface area contributed by atoms with Gasteiger partial charge in [0.1, 0.15) is 0 Å². The van der Waals surface area contributed by atoms with Gasteiger partial charge in [0.15, 0.2) is 11.5 Å². The predicted octanol–water partition coefficient (Wildman–Crippen LogP) is 2.89. The van der Waals surface area contributed by atoms with Crippen molar-refractivity contribution in [3.63, 3.8) is 0 Å². The summed E-state index contributed by atoms with van der Waals surface area (Å²) in [7, 11) is 1.45. The Bertz CT molecular complexity index is 638. The maximum absolute atomic E-state index is 12.2. The van der Waals surface area contributed by atoms with Crippen molar-refractivity contribution in [2.75, 3.05) is 7.11 Å². The lowest BCUT2D eigenvalue weighted by Crippen LogP contribution is -2.23. The minimum Gasteiger partial charge on any atom is -0.504 e. The van der Waals surface area contributed by atoms with Crippen LogP contribution in [0.1, 0.15) is 28.4 Å². The highest BCUT2D eigenvalue weighted by Crippen LogP contribution is 2.29. The van der Waals surface area contributed by atoms with E-state index >= 15 is 0 Å². The first-order valence-electron chi connectivity index (χ1n) is 6.88. The average molecular weight is 285 g/mol. The van der Waals surface area contributed by atoms with Crippen LogP contribution in [-0.4, -0.2) is 18.1 Å². The molecule has 0 bridgehead atoms. The zero-order valence-corrected chi connectivity index (χ0v) is 12.2. The molecule has 110 valence electrons. The molecule has 1 amide bonds. The maximum Gasteiger partial charge on any atom is 0.255 e. The second-order valence-electron chi connectivity index (χ2n) is 4.66. The molecule has 0 saturated carbocycles. The quantitative estimate of drug-likeness (QED) is 0.888. The molecule has 0 aliphatic heterocycles. The molecular formula is C17H19NO3. The number of aromatic hydroxyl groups is 1. The minimum atomic E-state index is -0.322. The SMILES string of the molecule is CCc1ccccc1CNC(=O)c1cccc(OC)c1O. The van der Waals surface area contributed by atoms with Gasteiger partial charge in [-0.1, -0.05) is 37.3 Å². The smallest absolute Gasteiger partial charge is 0.255 e. The van der Waals surface area contributed by atoms with Gasteiger partial charge in [0.25, 0.3) is 5.91 Å². The van der Waals surface area contributed by atoms with Crippen molar-refractivity contribution in [2.24, 2.45) is 0 Å². The van der Waals surface area contributed by atoms with E-state index in [4.69, 9.17) is 4.74 Å². The summed E-state index contributed by atoms with van der Waals surface area (Å²) in [5, 5.41) is 12.8. The first kappa shape index (κ1) is 14.9. The van der Waals surface area contributed by atoms with E-state index in [2.05, 4.69) is 12.2 Å². The number of benzene rings is 2. The molecule has 0 unspecified atom stereocenters. The first-order chi connectivity index (χ1) is 10.2. The fourth-order valence-corrected chi connectivity index (χ4v) is 2.22. The Morgan fingerprint density at radius 3 is 2.52 bits per heavy atom. The van der Waals surface area contributed by atoms with E-state index < -0.39 is 0 Å². The Kier molecular flexibility index (Phi) is 4.82. The van der Waals surface area contributed by atoms with E-state index in [1.165, 1.54) is 12.7 Å². The lowest BCUT2D eigenvalue weighted by atomic mass is 10.1. The van der Waals surface area contributed by atoms with Gasteiger partial charge in [-0.05, 0) is 29.7 Å². The van der Waals surface area contributed by atoms with Crippen LogP contribution < -0.4 is 10.1 Å². The molecule has 0 heterocycles. The molecule has 2 aromatic carbocycles. The van der Waals surface area contributed by atoms with E-state index in [0.29, 0.717) is 6.54 Å². The third-order valence-corrected chi connectivity index (χ3v) is 3.40. The number of carbonyl (C=O) groups is 1. The molecule has 0 aliphatic rings. The zero-order valence-electron chi connectivity index (χ0n) is 12.2. The minimum absolute atomic E-state index is 0.138. The highest BCUT2D eigenvalue weighted by molar-refractivity contribution is 5.97. The van der Waals surface area contributed by atoms with Gasteiger partial charge in [0.2, 0.25) is 0 Å². The number of phenolic OH excluding ortho intramolecular Hbond substituents is 1. The molecule has 2 rings (SSSR count). The van der Waals surface area contributed by atoms with Crippen molar-refractivity contribution in [1.82, 2.24) is 5.32 Å². The van der Waals surface area contributed by atoms with Crippen LogP contribution in [0.2, 0.25) is 0 Å². The Hall–Kier alpha value is -2.49. The molecule has 0 spiro atoms. The van der Waals surface area contributed by atoms with Gasteiger partial charge in [0, 0.05) is 6.54 Å². The van der Waals surface area contributed by atoms with Crippen molar-refractivity contribution in [3.05, 3.63) is 59.2 Å². The van der Waals surface area contributed by atoms with Crippen molar-refractivity contribution in [2.45, 2.75) is 19.9 Å². The summed E-state index contributed by atoms with van der Waals surface area (Å²) >= 11 is 0. The van der Waals surface area contributed by atoms with E-state index in [1.807, 2.05) is 24.3 Å². The van der Waals surface area contributed by atoms with E-state index in [0.717, 1.165) is 12.0 Å². The van der Waals surface area contributed by atoms with Crippen LogP contribution >= 0.6 is 0 Å². The number of hydrogen-bond donors (Lipinski definition) is 2. The summed E-state index contributed by atoms with van der Waals surface area (Å²) in [4.78, 5) is 12.2. The molecule has 2 N–H and O–H groups in total. The molecule has 0 radical (unpaired) electrons. The molecular weight excluding hydrogens is 266 g/mol. The molecule has 2 aromatic rings. The lowest BCUT2D eigenvalue weighted by molar-refractivity contribution is 0.0947. The molecule has 4 heteroatoms. The summed E-state index contributed by atoms with van der Waals surface area (Å²) in [6, 6.07) is 12.8. The molecule has 0 atom stereocenters. The highest BCUT2D eigenvalue weighted by atomic mass is 16.5. The number of amides is 1. The van der Waals surface area contributed by atoms with Gasteiger partial charge in [-0.2, -0.15) is 0 Å². The summed E-state index contributed by atoms with van der Waals surface area (Å²) < 4.78 is 5.01. The molecule has 0 saturated heterocycles. The van der Waals surface area contributed by atoms with Crippen LogP contribution in [0.25, 0.3) is 0 Å². The second kappa shape index (κ2) is 6.79. The molecule has 0 fully saturated rings. The van der Waals surface area contributed by atoms with Gasteiger partial charge in [-0.3, -0.25) is 4.79 Å². The Morgan fingerprint density at radius 1 is 1.14 bits per heavy atom. The standard InChI is InChI=1S/C17H19NO3/c1-3-12-7-4-5-8-13(12)11-18-17(20)14-9-6-10-15(21-2)16(14)19/h4-10,19H,3,11H2,1-2H3,(H,18,20). The fourth-order valence-electron chi connectivity index (χ4n) is 2.22. The van der Waals surface area contributed by atoms with Crippen molar-refractivity contribution in [1.29, 1.82) is 0 Å². The summed E-state index contributed by atoms with van der Waals surface area (Å²) in [6.45, 7) is 2.51. The maximum atomic E-state index is 12.2. The lowest BCUT2D eigenvalue weighted by Gasteiger charge is -2.11. The molecule has 0 aromatic heterocycles. The Balaban J connectivity index is 2.12. The fraction of sp³-hybridized carbons (Fsp3) is 0.235. The number of carbonyl (C=O) groups excluding carboxylic acids is 1. The molecule has 0 aliphatic carbocycles. The average Bonchev–Trinajstić information content (AvgIpc) is 2.53. The van der Waals surface area contributed by atoms with Gasteiger partial charge in [-0.25, -0.2) is 0 Å². The van der Waals surface area contributed by atoms with E-state index in [-0.39, 0.29) is 23.0 Å². The first-order valence-corrected chi connectivity index (χ1v) is 6.88. The highest BCUT2D eigenvalue weighted by Gasteiger charge is 2.14. The number of aryl methyl sites for hydroxylation is 1. The van der Waals surface area contributed by atoms with Crippen LogP contribution in [0, 0.1) is 0 Å². The molecule has 21 heavy (non-hydrogen) atoms. The molecule has 4 nitrogen and oxygen atoms in total. The topological polar surface area (TPSA) is 58.6 Å². The number of hydrogen-bond acceptors (Lipinski definition) is 3. The van der Waals surface area contributed by atoms with Gasteiger partial charge >= 0.3 is 0 Å². The van der Waals surface area contributed by atoms with E-state index in [9.17, 15) is 9.90 Å². The van der Waals surface area contributed by atoms with Crippen molar-refractivity contribution in [3.8, 4) is 11.5 Å². The Labute approximate surface area is 124 Å². The number of phenols is 1. The van der Waals surface area contributed by atoms with Gasteiger partial charge < -0.3 is 15.2 Å². The van der Waals surface area contributed by atoms with Crippen LogP contribution in [-0.2, 0) is 13.0 Å². The second-order valence-corrected chi connectivity index (χ2v) is 4.66. The van der Waals surface area contributed by atoms with Crippen molar-refractivity contribution < 1.29 is 14.6 Å². The van der Waals surface area contributed by atoms with Gasteiger partial charge in [0.05, 0.1) is 12.7 Å². The van der Waals surface area contributed by atoms with Crippen LogP contribution in [0.15, 0.2) is 42.5 Å². The predicted molar refractivity (Wildman–Crippen MR) is 81.6 cm³/mol.